The van der Waals surface area contributed by atoms with Crippen molar-refractivity contribution in [3.05, 3.63) is 34.4 Å². The number of hydrogen-bond acceptors (Lipinski definition) is 4. The number of amides is 2. The molecule has 2 amide bonds. The smallest absolute Gasteiger partial charge is 0.319 e. The van der Waals surface area contributed by atoms with Gasteiger partial charge in [-0.05, 0) is 31.6 Å². The summed E-state index contributed by atoms with van der Waals surface area (Å²) in [6.07, 6.45) is 0. The Bertz CT molecular complexity index is 433. The van der Waals surface area contributed by atoms with Gasteiger partial charge in [0.1, 0.15) is 0 Å². The molecule has 0 saturated carbocycles. The minimum atomic E-state index is -0.483. The Hall–Kier alpha value is -2.15. The number of anilines is 1. The number of urea groups is 1. The molecular formula is C12H18N4O3. The number of nitro benzene ring substituents is 1. The lowest BCUT2D eigenvalue weighted by Gasteiger charge is -2.12. The summed E-state index contributed by atoms with van der Waals surface area (Å²) in [4.78, 5) is 21.6. The van der Waals surface area contributed by atoms with E-state index in [4.69, 9.17) is 0 Å². The fourth-order valence-corrected chi connectivity index (χ4v) is 1.53. The van der Waals surface area contributed by atoms with Gasteiger partial charge in [0.15, 0.2) is 0 Å². The SMILES string of the molecule is CNCC(C)CNC(=O)Nc1ccc([N+](=O)[O-])cc1. The lowest BCUT2D eigenvalue weighted by molar-refractivity contribution is -0.384. The number of nitro groups is 1. The van der Waals surface area contributed by atoms with Crippen LogP contribution in [0.5, 0.6) is 0 Å². The van der Waals surface area contributed by atoms with E-state index in [-0.39, 0.29) is 11.7 Å². The van der Waals surface area contributed by atoms with E-state index in [1.807, 2.05) is 14.0 Å². The molecule has 19 heavy (non-hydrogen) atoms. The number of carbonyl (C=O) groups excluding carboxylic acids is 1. The van der Waals surface area contributed by atoms with Crippen LogP contribution >= 0.6 is 0 Å². The lowest BCUT2D eigenvalue weighted by Crippen LogP contribution is -2.35. The maximum absolute atomic E-state index is 11.6. The van der Waals surface area contributed by atoms with E-state index in [0.29, 0.717) is 18.2 Å². The van der Waals surface area contributed by atoms with Crippen molar-refractivity contribution in [1.29, 1.82) is 0 Å². The van der Waals surface area contributed by atoms with Crippen LogP contribution in [0.1, 0.15) is 6.92 Å². The highest BCUT2D eigenvalue weighted by molar-refractivity contribution is 5.89. The second-order valence-corrected chi connectivity index (χ2v) is 4.30. The summed E-state index contributed by atoms with van der Waals surface area (Å²) in [6, 6.07) is 5.36. The van der Waals surface area contributed by atoms with E-state index in [1.165, 1.54) is 24.3 Å². The van der Waals surface area contributed by atoms with Crippen LogP contribution in [0, 0.1) is 16.0 Å². The summed E-state index contributed by atoms with van der Waals surface area (Å²) < 4.78 is 0. The number of hydrogen-bond donors (Lipinski definition) is 3. The van der Waals surface area contributed by atoms with Gasteiger partial charge in [0.25, 0.3) is 5.69 Å². The summed E-state index contributed by atoms with van der Waals surface area (Å²) in [6.45, 7) is 3.39. The highest BCUT2D eigenvalue weighted by atomic mass is 16.6. The Labute approximate surface area is 111 Å². The fourth-order valence-electron chi connectivity index (χ4n) is 1.53. The van der Waals surface area contributed by atoms with E-state index in [0.717, 1.165) is 6.54 Å². The Morgan fingerprint density at radius 3 is 2.47 bits per heavy atom. The third-order valence-corrected chi connectivity index (χ3v) is 2.50. The van der Waals surface area contributed by atoms with E-state index >= 15 is 0 Å². The fraction of sp³-hybridized carbons (Fsp3) is 0.417. The molecule has 1 unspecified atom stereocenters. The molecule has 0 bridgehead atoms. The average Bonchev–Trinajstić information content (AvgIpc) is 2.37. The summed E-state index contributed by atoms with van der Waals surface area (Å²) in [5.41, 5.74) is 0.512. The maximum atomic E-state index is 11.6. The molecule has 0 aliphatic rings. The van der Waals surface area contributed by atoms with Gasteiger partial charge < -0.3 is 16.0 Å². The topological polar surface area (TPSA) is 96.3 Å². The number of rotatable bonds is 6. The molecule has 1 aromatic rings. The van der Waals surface area contributed by atoms with Gasteiger partial charge in [-0.3, -0.25) is 10.1 Å². The van der Waals surface area contributed by atoms with E-state index in [1.54, 1.807) is 0 Å². The predicted molar refractivity (Wildman–Crippen MR) is 73.2 cm³/mol. The molecule has 7 nitrogen and oxygen atoms in total. The first-order valence-corrected chi connectivity index (χ1v) is 5.97. The van der Waals surface area contributed by atoms with Gasteiger partial charge in [-0.1, -0.05) is 6.92 Å². The molecule has 0 aliphatic heterocycles. The minimum Gasteiger partial charge on any atom is -0.338 e. The monoisotopic (exact) mass is 266 g/mol. The Kier molecular flexibility index (Phi) is 5.74. The lowest BCUT2D eigenvalue weighted by atomic mass is 10.2. The van der Waals surface area contributed by atoms with E-state index in [2.05, 4.69) is 16.0 Å². The van der Waals surface area contributed by atoms with Crippen LogP contribution in [0.25, 0.3) is 0 Å². The molecule has 1 rings (SSSR count). The quantitative estimate of drug-likeness (QED) is 0.538. The van der Waals surface area contributed by atoms with Crippen molar-refractivity contribution < 1.29 is 9.72 Å². The van der Waals surface area contributed by atoms with Crippen molar-refractivity contribution in [3.63, 3.8) is 0 Å². The summed E-state index contributed by atoms with van der Waals surface area (Å²) in [5.74, 6) is 0.326. The number of nitrogens with zero attached hydrogens (tertiary/aromatic N) is 1. The van der Waals surface area contributed by atoms with Gasteiger partial charge in [0.05, 0.1) is 4.92 Å². The Balaban J connectivity index is 2.42. The molecule has 0 heterocycles. The zero-order valence-electron chi connectivity index (χ0n) is 11.0. The van der Waals surface area contributed by atoms with Crippen LogP contribution in [0.4, 0.5) is 16.2 Å². The normalized spacial score (nSPS) is 11.7. The van der Waals surface area contributed by atoms with Gasteiger partial charge in [-0.15, -0.1) is 0 Å². The highest BCUT2D eigenvalue weighted by Crippen LogP contribution is 2.15. The second-order valence-electron chi connectivity index (χ2n) is 4.30. The minimum absolute atomic E-state index is 0.00593. The van der Waals surface area contributed by atoms with Crippen LogP contribution in [0.2, 0.25) is 0 Å². The van der Waals surface area contributed by atoms with Crippen LogP contribution in [0.3, 0.4) is 0 Å². The molecule has 7 heteroatoms. The zero-order chi connectivity index (χ0) is 14.3. The van der Waals surface area contributed by atoms with E-state index < -0.39 is 4.92 Å². The zero-order valence-corrected chi connectivity index (χ0v) is 11.0. The third kappa shape index (κ3) is 5.35. The van der Waals surface area contributed by atoms with Gasteiger partial charge in [-0.2, -0.15) is 0 Å². The van der Waals surface area contributed by atoms with Crippen LogP contribution in [0.15, 0.2) is 24.3 Å². The molecule has 0 radical (unpaired) electrons. The largest absolute Gasteiger partial charge is 0.338 e. The molecule has 1 aromatic carbocycles. The van der Waals surface area contributed by atoms with Crippen molar-refractivity contribution in [2.75, 3.05) is 25.5 Å². The number of nitrogens with one attached hydrogen (secondary N) is 3. The van der Waals surface area contributed by atoms with Crippen LogP contribution in [-0.4, -0.2) is 31.1 Å². The predicted octanol–water partition coefficient (Wildman–Crippen LogP) is 1.57. The molecule has 3 N–H and O–H groups in total. The molecule has 0 spiro atoms. The maximum Gasteiger partial charge on any atom is 0.319 e. The van der Waals surface area contributed by atoms with Gasteiger partial charge >= 0.3 is 6.03 Å². The molecule has 0 aromatic heterocycles. The summed E-state index contributed by atoms with van der Waals surface area (Å²) in [5, 5.41) is 18.8. The molecular weight excluding hydrogens is 248 g/mol. The van der Waals surface area contributed by atoms with Crippen molar-refractivity contribution in [1.82, 2.24) is 10.6 Å². The average molecular weight is 266 g/mol. The molecule has 104 valence electrons. The molecule has 1 atom stereocenters. The first-order valence-electron chi connectivity index (χ1n) is 5.97. The highest BCUT2D eigenvalue weighted by Gasteiger charge is 2.07. The first kappa shape index (κ1) is 14.9. The number of benzene rings is 1. The van der Waals surface area contributed by atoms with Gasteiger partial charge in [-0.25, -0.2) is 4.79 Å². The number of non-ortho nitro benzene ring substituents is 1. The molecule has 0 saturated heterocycles. The summed E-state index contributed by atoms with van der Waals surface area (Å²) in [7, 11) is 1.85. The molecule has 0 aliphatic carbocycles. The Morgan fingerprint density at radius 2 is 1.95 bits per heavy atom. The van der Waals surface area contributed by atoms with Crippen LogP contribution < -0.4 is 16.0 Å². The van der Waals surface area contributed by atoms with E-state index in [9.17, 15) is 14.9 Å². The first-order chi connectivity index (χ1) is 9.02. The van der Waals surface area contributed by atoms with Crippen molar-refractivity contribution in [2.45, 2.75) is 6.92 Å². The van der Waals surface area contributed by atoms with Crippen LogP contribution in [-0.2, 0) is 0 Å². The van der Waals surface area contributed by atoms with Gasteiger partial charge in [0, 0.05) is 24.4 Å². The molecule has 0 fully saturated rings. The Morgan fingerprint density at radius 1 is 1.32 bits per heavy atom. The third-order valence-electron chi connectivity index (χ3n) is 2.50. The number of carbonyl (C=O) groups is 1. The summed E-state index contributed by atoms with van der Waals surface area (Å²) >= 11 is 0. The van der Waals surface area contributed by atoms with Crippen molar-refractivity contribution in [2.24, 2.45) is 5.92 Å². The van der Waals surface area contributed by atoms with Crippen molar-refractivity contribution >= 4 is 17.4 Å². The van der Waals surface area contributed by atoms with Gasteiger partial charge in [0.2, 0.25) is 0 Å². The second kappa shape index (κ2) is 7.32. The standard InChI is InChI=1S/C12H18N4O3/c1-9(7-13-2)8-14-12(17)15-10-3-5-11(6-4-10)16(18)19/h3-6,9,13H,7-8H2,1-2H3,(H2,14,15,17). The van der Waals surface area contributed by atoms with Crippen molar-refractivity contribution in [3.8, 4) is 0 Å².